The summed E-state index contributed by atoms with van der Waals surface area (Å²) in [4.78, 5) is 13.4. The summed E-state index contributed by atoms with van der Waals surface area (Å²) in [6.45, 7) is 6.19. The highest BCUT2D eigenvalue weighted by molar-refractivity contribution is 7.10. The predicted octanol–water partition coefficient (Wildman–Crippen LogP) is 2.34. The van der Waals surface area contributed by atoms with E-state index in [0.717, 1.165) is 6.42 Å². The monoisotopic (exact) mass is 223 g/mol. The van der Waals surface area contributed by atoms with E-state index in [-0.39, 0.29) is 12.0 Å². The number of thiophene rings is 1. The Labute approximate surface area is 94.7 Å². The van der Waals surface area contributed by atoms with Crippen LogP contribution in [-0.2, 0) is 11.2 Å². The number of Topliss-reactive ketones (excluding diaryl/α,β-unsaturated/α-hetero) is 1. The standard InChI is InChI=1S/C12H17NOS/c1-7(2)13-10-6-11-9(4-5-15-11)8(3)12(10)14/h4-5,7-8,10,13H,6H2,1-3H3/t8-,10?/m0/s1. The van der Waals surface area contributed by atoms with Gasteiger partial charge < -0.3 is 5.32 Å². The molecule has 3 heteroatoms. The maximum Gasteiger partial charge on any atom is 0.157 e. The van der Waals surface area contributed by atoms with Gasteiger partial charge in [-0.3, -0.25) is 4.79 Å². The molecule has 0 saturated carbocycles. The first-order valence-corrected chi connectivity index (χ1v) is 6.33. The average Bonchev–Trinajstić information content (AvgIpc) is 2.61. The van der Waals surface area contributed by atoms with Crippen LogP contribution in [0.2, 0.25) is 0 Å². The molecule has 0 spiro atoms. The Morgan fingerprint density at radius 2 is 2.27 bits per heavy atom. The van der Waals surface area contributed by atoms with Gasteiger partial charge in [-0.2, -0.15) is 0 Å². The van der Waals surface area contributed by atoms with Crippen LogP contribution in [0.4, 0.5) is 0 Å². The molecule has 1 aliphatic carbocycles. The second kappa shape index (κ2) is 4.06. The highest BCUT2D eigenvalue weighted by Crippen LogP contribution is 2.32. The average molecular weight is 223 g/mol. The number of nitrogens with one attached hydrogen (secondary N) is 1. The minimum atomic E-state index is 0.0196. The third kappa shape index (κ3) is 1.99. The van der Waals surface area contributed by atoms with Crippen molar-refractivity contribution in [1.82, 2.24) is 5.32 Å². The summed E-state index contributed by atoms with van der Waals surface area (Å²) >= 11 is 1.77. The molecule has 2 rings (SSSR count). The summed E-state index contributed by atoms with van der Waals surface area (Å²) in [7, 11) is 0. The van der Waals surface area contributed by atoms with Gasteiger partial charge in [0.05, 0.1) is 6.04 Å². The lowest BCUT2D eigenvalue weighted by Gasteiger charge is -2.28. The molecule has 0 bridgehead atoms. The van der Waals surface area contributed by atoms with E-state index in [1.807, 2.05) is 6.92 Å². The van der Waals surface area contributed by atoms with Crippen molar-refractivity contribution < 1.29 is 4.79 Å². The Morgan fingerprint density at radius 3 is 2.93 bits per heavy atom. The molecule has 1 aromatic heterocycles. The number of ketones is 1. The first-order chi connectivity index (χ1) is 7.09. The van der Waals surface area contributed by atoms with Gasteiger partial charge in [0, 0.05) is 23.3 Å². The normalized spacial score (nSPS) is 25.7. The summed E-state index contributed by atoms with van der Waals surface area (Å²) in [5.41, 5.74) is 1.24. The predicted molar refractivity (Wildman–Crippen MR) is 63.5 cm³/mol. The van der Waals surface area contributed by atoms with Crippen LogP contribution in [0.5, 0.6) is 0 Å². The van der Waals surface area contributed by atoms with E-state index in [0.29, 0.717) is 11.8 Å². The van der Waals surface area contributed by atoms with Crippen molar-refractivity contribution in [3.8, 4) is 0 Å². The number of fused-ring (bicyclic) bond motifs is 1. The fourth-order valence-corrected chi connectivity index (χ4v) is 3.21. The number of rotatable bonds is 2. The van der Waals surface area contributed by atoms with Crippen LogP contribution in [0.15, 0.2) is 11.4 Å². The molecule has 1 aromatic rings. The largest absolute Gasteiger partial charge is 0.305 e. The van der Waals surface area contributed by atoms with Gasteiger partial charge in [-0.25, -0.2) is 0 Å². The van der Waals surface area contributed by atoms with Crippen LogP contribution < -0.4 is 5.32 Å². The molecule has 0 amide bonds. The van der Waals surface area contributed by atoms with Gasteiger partial charge in [0.1, 0.15) is 0 Å². The topological polar surface area (TPSA) is 29.1 Å². The second-order valence-corrected chi connectivity index (χ2v) is 5.50. The van der Waals surface area contributed by atoms with Crippen molar-refractivity contribution in [3.63, 3.8) is 0 Å². The zero-order valence-electron chi connectivity index (χ0n) is 9.41. The molecular weight excluding hydrogens is 206 g/mol. The molecule has 0 fully saturated rings. The van der Waals surface area contributed by atoms with Gasteiger partial charge in [-0.15, -0.1) is 11.3 Å². The lowest BCUT2D eigenvalue weighted by molar-refractivity contribution is -0.122. The maximum absolute atomic E-state index is 12.1. The molecule has 2 atom stereocenters. The fourth-order valence-electron chi connectivity index (χ4n) is 2.19. The zero-order valence-corrected chi connectivity index (χ0v) is 10.2. The number of hydrogen-bond acceptors (Lipinski definition) is 3. The lowest BCUT2D eigenvalue weighted by atomic mass is 9.84. The van der Waals surface area contributed by atoms with Crippen molar-refractivity contribution in [3.05, 3.63) is 21.9 Å². The van der Waals surface area contributed by atoms with Crippen LogP contribution in [0.3, 0.4) is 0 Å². The Balaban J connectivity index is 2.23. The molecule has 0 saturated heterocycles. The van der Waals surface area contributed by atoms with E-state index >= 15 is 0 Å². The molecule has 1 N–H and O–H groups in total. The quantitative estimate of drug-likeness (QED) is 0.834. The van der Waals surface area contributed by atoms with Crippen molar-refractivity contribution in [2.24, 2.45) is 0 Å². The van der Waals surface area contributed by atoms with Gasteiger partial charge in [0.15, 0.2) is 5.78 Å². The third-order valence-electron chi connectivity index (χ3n) is 2.94. The molecule has 2 nitrogen and oxygen atoms in total. The van der Waals surface area contributed by atoms with Gasteiger partial charge in [-0.05, 0) is 17.0 Å². The molecule has 82 valence electrons. The van der Waals surface area contributed by atoms with Crippen LogP contribution in [0, 0.1) is 0 Å². The fraction of sp³-hybridized carbons (Fsp3) is 0.583. The van der Waals surface area contributed by atoms with E-state index in [4.69, 9.17) is 0 Å². The summed E-state index contributed by atoms with van der Waals surface area (Å²) in [6, 6.07) is 2.48. The van der Waals surface area contributed by atoms with Crippen molar-refractivity contribution in [1.29, 1.82) is 0 Å². The summed E-state index contributed by atoms with van der Waals surface area (Å²) in [5, 5.41) is 5.44. The maximum atomic E-state index is 12.1. The molecule has 0 aliphatic heterocycles. The number of carbonyl (C=O) groups is 1. The minimum Gasteiger partial charge on any atom is -0.305 e. The summed E-state index contributed by atoms with van der Waals surface area (Å²) in [5.74, 6) is 0.408. The molecule has 1 unspecified atom stereocenters. The Hall–Kier alpha value is -0.670. The van der Waals surface area contributed by atoms with Gasteiger partial charge in [0.2, 0.25) is 0 Å². The summed E-state index contributed by atoms with van der Waals surface area (Å²) in [6.07, 6.45) is 0.869. The highest BCUT2D eigenvalue weighted by Gasteiger charge is 2.32. The van der Waals surface area contributed by atoms with E-state index in [9.17, 15) is 4.79 Å². The van der Waals surface area contributed by atoms with Crippen LogP contribution in [-0.4, -0.2) is 17.9 Å². The lowest BCUT2D eigenvalue weighted by Crippen LogP contribution is -2.46. The Morgan fingerprint density at radius 1 is 1.53 bits per heavy atom. The van der Waals surface area contributed by atoms with Gasteiger partial charge >= 0.3 is 0 Å². The van der Waals surface area contributed by atoms with Crippen molar-refractivity contribution in [2.45, 2.75) is 45.2 Å². The van der Waals surface area contributed by atoms with Gasteiger partial charge in [-0.1, -0.05) is 20.8 Å². The first kappa shape index (κ1) is 10.8. The highest BCUT2D eigenvalue weighted by atomic mass is 32.1. The van der Waals surface area contributed by atoms with E-state index in [2.05, 4.69) is 30.6 Å². The second-order valence-electron chi connectivity index (χ2n) is 4.50. The van der Waals surface area contributed by atoms with Crippen LogP contribution in [0.25, 0.3) is 0 Å². The Bertz CT molecular complexity index is 369. The van der Waals surface area contributed by atoms with E-state index < -0.39 is 0 Å². The smallest absolute Gasteiger partial charge is 0.157 e. The van der Waals surface area contributed by atoms with E-state index in [1.165, 1.54) is 10.4 Å². The molecule has 0 aromatic carbocycles. The SMILES string of the molecule is CC(C)NC1Cc2sccc2[C@H](C)C1=O. The minimum absolute atomic E-state index is 0.0196. The van der Waals surface area contributed by atoms with E-state index in [1.54, 1.807) is 11.3 Å². The number of carbonyl (C=O) groups excluding carboxylic acids is 1. The first-order valence-electron chi connectivity index (χ1n) is 5.45. The molecule has 1 heterocycles. The molecule has 1 aliphatic rings. The van der Waals surface area contributed by atoms with Crippen LogP contribution in [0.1, 0.15) is 37.1 Å². The summed E-state index contributed by atoms with van der Waals surface area (Å²) < 4.78 is 0. The Kier molecular flexibility index (Phi) is 2.94. The van der Waals surface area contributed by atoms with Gasteiger partial charge in [0.25, 0.3) is 0 Å². The third-order valence-corrected chi connectivity index (χ3v) is 3.90. The number of hydrogen-bond donors (Lipinski definition) is 1. The molecule has 15 heavy (non-hydrogen) atoms. The van der Waals surface area contributed by atoms with Crippen LogP contribution >= 0.6 is 11.3 Å². The molecule has 0 radical (unpaired) electrons. The van der Waals surface area contributed by atoms with Crippen molar-refractivity contribution in [2.75, 3.05) is 0 Å². The molecular formula is C12H17NOS. The zero-order chi connectivity index (χ0) is 11.0. The van der Waals surface area contributed by atoms with Crippen molar-refractivity contribution >= 4 is 17.1 Å².